The number of phenolic OH excluding ortho intramolecular Hbond substituents is 1. The Morgan fingerprint density at radius 2 is 1.67 bits per heavy atom. The number of benzene rings is 4. The lowest BCUT2D eigenvalue weighted by Crippen LogP contribution is -2.22. The summed E-state index contributed by atoms with van der Waals surface area (Å²) in [5.41, 5.74) is 8.23. The molecule has 0 saturated carbocycles. The Labute approximate surface area is 229 Å². The molecule has 8 heteroatoms. The molecule has 0 spiro atoms. The number of para-hydroxylation sites is 1. The fourth-order valence-electron chi connectivity index (χ4n) is 4.84. The number of rotatable bonds is 8. The second-order valence-electron chi connectivity index (χ2n) is 9.47. The van der Waals surface area contributed by atoms with E-state index in [-0.39, 0.29) is 11.7 Å². The molecule has 1 aromatic heterocycles. The molecule has 198 valence electrons. The normalized spacial score (nSPS) is 11.9. The fraction of sp³-hybridized carbons (Fsp3) is 0.129. The zero-order chi connectivity index (χ0) is 27.5. The van der Waals surface area contributed by atoms with Gasteiger partial charge in [0.25, 0.3) is 17.2 Å². The Balaban J connectivity index is 1.36. The first-order chi connectivity index (χ1) is 18.8. The first-order valence-electron chi connectivity index (χ1n) is 12.5. The summed E-state index contributed by atoms with van der Waals surface area (Å²) >= 11 is -2.15. The number of amides is 1. The van der Waals surface area contributed by atoms with E-state index in [1.54, 1.807) is 24.3 Å². The van der Waals surface area contributed by atoms with Gasteiger partial charge in [0.2, 0.25) is 0 Å². The van der Waals surface area contributed by atoms with E-state index in [9.17, 15) is 18.7 Å². The third-order valence-electron chi connectivity index (χ3n) is 6.99. The van der Waals surface area contributed by atoms with Crippen LogP contribution in [0.3, 0.4) is 0 Å². The SMILES string of the molecule is Cc1c(C)n(Cc2ccc(-c3ccccc3NS(=O)O)cc2)c2ccc(C(=O)NCc3cccc(O)c3)cc12. The number of aryl methyl sites for hydroxylation is 1. The van der Waals surface area contributed by atoms with Crippen molar-refractivity contribution in [3.8, 4) is 16.9 Å². The van der Waals surface area contributed by atoms with Gasteiger partial charge in [-0.3, -0.25) is 14.1 Å². The minimum Gasteiger partial charge on any atom is -0.508 e. The number of hydrogen-bond donors (Lipinski definition) is 4. The predicted molar refractivity (Wildman–Crippen MR) is 156 cm³/mol. The molecule has 5 aromatic rings. The molecular formula is C31H29N3O4S. The summed E-state index contributed by atoms with van der Waals surface area (Å²) in [6.07, 6.45) is 0. The van der Waals surface area contributed by atoms with Crippen LogP contribution >= 0.6 is 0 Å². The number of anilines is 1. The van der Waals surface area contributed by atoms with Crippen LogP contribution in [0.25, 0.3) is 22.0 Å². The van der Waals surface area contributed by atoms with E-state index in [4.69, 9.17) is 0 Å². The first-order valence-corrected chi connectivity index (χ1v) is 13.6. The molecule has 0 aliphatic rings. The average Bonchev–Trinajstić information content (AvgIpc) is 3.16. The number of phenols is 1. The van der Waals surface area contributed by atoms with Gasteiger partial charge in [-0.2, -0.15) is 0 Å². The van der Waals surface area contributed by atoms with Gasteiger partial charge in [0.05, 0.1) is 5.69 Å². The van der Waals surface area contributed by atoms with Crippen LogP contribution in [0, 0.1) is 13.8 Å². The summed E-state index contributed by atoms with van der Waals surface area (Å²) in [7, 11) is 0. The Kier molecular flexibility index (Phi) is 7.49. The van der Waals surface area contributed by atoms with Crippen molar-refractivity contribution in [2.45, 2.75) is 26.9 Å². The lowest BCUT2D eigenvalue weighted by molar-refractivity contribution is 0.0951. The fourth-order valence-corrected chi connectivity index (χ4v) is 5.20. The topological polar surface area (TPSA) is 104 Å². The standard InChI is InChI=1S/C31H29N3O4S/c1-20-21(2)34(19-22-10-12-24(13-11-22)27-8-3-4-9-29(27)33-39(37)38)30-15-14-25(17-28(20)30)31(36)32-18-23-6-5-7-26(35)16-23/h3-17,33,35H,18-19H2,1-2H3,(H,32,36)(H,37,38). The van der Waals surface area contributed by atoms with Crippen LogP contribution in [0.15, 0.2) is 91.0 Å². The van der Waals surface area contributed by atoms with Crippen LogP contribution in [0.2, 0.25) is 0 Å². The van der Waals surface area contributed by atoms with Gasteiger partial charge in [-0.05, 0) is 72.5 Å². The van der Waals surface area contributed by atoms with Crippen molar-refractivity contribution in [2.75, 3.05) is 4.72 Å². The molecular weight excluding hydrogens is 510 g/mol. The van der Waals surface area contributed by atoms with Gasteiger partial charge in [-0.15, -0.1) is 0 Å². The third-order valence-corrected chi connectivity index (χ3v) is 7.39. The predicted octanol–water partition coefficient (Wildman–Crippen LogP) is 6.16. The lowest BCUT2D eigenvalue weighted by Gasteiger charge is -2.12. The van der Waals surface area contributed by atoms with E-state index in [1.165, 1.54) is 0 Å². The van der Waals surface area contributed by atoms with Crippen LogP contribution in [0.5, 0.6) is 5.75 Å². The second-order valence-corrected chi connectivity index (χ2v) is 10.2. The summed E-state index contributed by atoms with van der Waals surface area (Å²) in [5.74, 6) is 0.00638. The molecule has 39 heavy (non-hydrogen) atoms. The van der Waals surface area contributed by atoms with Crippen LogP contribution in [0.1, 0.15) is 32.7 Å². The number of fused-ring (bicyclic) bond motifs is 1. The van der Waals surface area contributed by atoms with Gasteiger partial charge < -0.3 is 15.0 Å². The van der Waals surface area contributed by atoms with Crippen molar-refractivity contribution in [2.24, 2.45) is 0 Å². The maximum absolute atomic E-state index is 12.9. The van der Waals surface area contributed by atoms with E-state index in [2.05, 4.69) is 40.6 Å². The van der Waals surface area contributed by atoms with Crippen molar-refractivity contribution in [1.29, 1.82) is 0 Å². The zero-order valence-electron chi connectivity index (χ0n) is 21.6. The second kappa shape index (κ2) is 11.1. The molecule has 1 atom stereocenters. The summed E-state index contributed by atoms with van der Waals surface area (Å²) in [6, 6.07) is 28.2. The maximum atomic E-state index is 12.9. The molecule has 7 nitrogen and oxygen atoms in total. The van der Waals surface area contributed by atoms with E-state index < -0.39 is 11.3 Å². The molecule has 4 N–H and O–H groups in total. The van der Waals surface area contributed by atoms with Gasteiger partial charge in [-0.25, -0.2) is 4.21 Å². The molecule has 4 aromatic carbocycles. The number of aromatic nitrogens is 1. The van der Waals surface area contributed by atoms with Gasteiger partial charge in [-0.1, -0.05) is 54.6 Å². The Morgan fingerprint density at radius 1 is 0.897 bits per heavy atom. The van der Waals surface area contributed by atoms with Crippen LogP contribution in [-0.4, -0.2) is 24.3 Å². The van der Waals surface area contributed by atoms with Crippen molar-refractivity contribution in [1.82, 2.24) is 9.88 Å². The molecule has 0 aliphatic heterocycles. The van der Waals surface area contributed by atoms with Gasteiger partial charge in [0.1, 0.15) is 5.75 Å². The Bertz CT molecular complexity index is 1690. The van der Waals surface area contributed by atoms with Crippen LogP contribution in [-0.2, 0) is 24.4 Å². The number of aromatic hydroxyl groups is 1. The molecule has 0 bridgehead atoms. The zero-order valence-corrected chi connectivity index (χ0v) is 22.5. The first kappa shape index (κ1) is 26.2. The molecule has 1 heterocycles. The number of nitrogens with one attached hydrogen (secondary N) is 2. The van der Waals surface area contributed by atoms with Crippen molar-refractivity contribution in [3.05, 3.63) is 119 Å². The van der Waals surface area contributed by atoms with E-state index in [0.717, 1.165) is 44.4 Å². The summed E-state index contributed by atoms with van der Waals surface area (Å²) in [4.78, 5) is 12.9. The van der Waals surface area contributed by atoms with Gasteiger partial charge in [0, 0.05) is 40.8 Å². The number of nitrogens with zero attached hydrogens (tertiary/aromatic N) is 1. The minimum atomic E-state index is -2.15. The van der Waals surface area contributed by atoms with E-state index in [0.29, 0.717) is 24.3 Å². The molecule has 0 saturated heterocycles. The van der Waals surface area contributed by atoms with Crippen LogP contribution < -0.4 is 10.0 Å². The Morgan fingerprint density at radius 3 is 2.41 bits per heavy atom. The van der Waals surface area contributed by atoms with Crippen molar-refractivity contribution in [3.63, 3.8) is 0 Å². The van der Waals surface area contributed by atoms with Crippen LogP contribution in [0.4, 0.5) is 5.69 Å². The third kappa shape index (κ3) is 5.72. The lowest BCUT2D eigenvalue weighted by atomic mass is 10.0. The number of carbonyl (C=O) groups excluding carboxylic acids is 1. The number of carbonyl (C=O) groups is 1. The maximum Gasteiger partial charge on any atom is 0.259 e. The highest BCUT2D eigenvalue weighted by Crippen LogP contribution is 2.30. The molecule has 1 amide bonds. The highest BCUT2D eigenvalue weighted by atomic mass is 32.2. The van der Waals surface area contributed by atoms with Gasteiger partial charge >= 0.3 is 0 Å². The largest absolute Gasteiger partial charge is 0.508 e. The smallest absolute Gasteiger partial charge is 0.259 e. The quantitative estimate of drug-likeness (QED) is 0.177. The Hall–Kier alpha value is -4.40. The monoisotopic (exact) mass is 539 g/mol. The average molecular weight is 540 g/mol. The van der Waals surface area contributed by atoms with E-state index >= 15 is 0 Å². The molecule has 5 rings (SSSR count). The summed E-state index contributed by atoms with van der Waals surface area (Å²) in [5, 5.41) is 13.6. The molecule has 0 fully saturated rings. The van der Waals surface area contributed by atoms with Crippen molar-refractivity contribution >= 4 is 33.8 Å². The molecule has 1 unspecified atom stereocenters. The van der Waals surface area contributed by atoms with Gasteiger partial charge in [0.15, 0.2) is 0 Å². The molecule has 0 aliphatic carbocycles. The summed E-state index contributed by atoms with van der Waals surface area (Å²) < 4.78 is 25.4. The highest BCUT2D eigenvalue weighted by Gasteiger charge is 2.15. The number of hydrogen-bond acceptors (Lipinski definition) is 3. The van der Waals surface area contributed by atoms with E-state index in [1.807, 2.05) is 54.6 Å². The summed E-state index contributed by atoms with van der Waals surface area (Å²) in [6.45, 7) is 5.15. The molecule has 0 radical (unpaired) electrons. The minimum absolute atomic E-state index is 0.166. The van der Waals surface area contributed by atoms with Crippen molar-refractivity contribution < 1.29 is 18.7 Å². The highest BCUT2D eigenvalue weighted by molar-refractivity contribution is 7.80.